The van der Waals surface area contributed by atoms with Crippen LogP contribution in [0.3, 0.4) is 0 Å². The van der Waals surface area contributed by atoms with E-state index in [-0.39, 0.29) is 12.1 Å². The van der Waals surface area contributed by atoms with Crippen molar-refractivity contribution < 1.29 is 9.53 Å². The molecule has 0 aromatic carbocycles. The number of carbonyl (C=O) groups excluding carboxylic acids is 1. The van der Waals surface area contributed by atoms with E-state index >= 15 is 0 Å². The lowest BCUT2D eigenvalue weighted by Crippen LogP contribution is -2.52. The molecule has 8 heteroatoms. The molecule has 1 saturated heterocycles. The van der Waals surface area contributed by atoms with Gasteiger partial charge >= 0.3 is 6.03 Å². The normalized spacial score (nSPS) is 15.8. The topological polar surface area (TPSA) is 75.5 Å². The van der Waals surface area contributed by atoms with Gasteiger partial charge in [0.05, 0.1) is 31.2 Å². The summed E-state index contributed by atoms with van der Waals surface area (Å²) in [5, 5.41) is 7.24. The van der Waals surface area contributed by atoms with Crippen LogP contribution < -0.4 is 15.0 Å². The van der Waals surface area contributed by atoms with Gasteiger partial charge in [0.2, 0.25) is 0 Å². The number of aromatic nitrogens is 3. The van der Waals surface area contributed by atoms with Crippen LogP contribution in [-0.2, 0) is 7.05 Å². The van der Waals surface area contributed by atoms with Crippen molar-refractivity contribution in [3.05, 3.63) is 36.4 Å². The zero-order valence-electron chi connectivity index (χ0n) is 14.8. The fourth-order valence-electron chi connectivity index (χ4n) is 3.01. The van der Waals surface area contributed by atoms with Crippen molar-refractivity contribution in [1.82, 2.24) is 25.0 Å². The van der Waals surface area contributed by atoms with Gasteiger partial charge in [-0.15, -0.1) is 0 Å². The molecule has 1 fully saturated rings. The summed E-state index contributed by atoms with van der Waals surface area (Å²) in [6.45, 7) is 4.90. The molecule has 25 heavy (non-hydrogen) atoms. The van der Waals surface area contributed by atoms with Crippen LogP contribution in [0.25, 0.3) is 0 Å². The third-order valence-corrected chi connectivity index (χ3v) is 4.47. The summed E-state index contributed by atoms with van der Waals surface area (Å²) in [5.41, 5.74) is 2.01. The second-order valence-corrected chi connectivity index (χ2v) is 6.14. The fraction of sp³-hybridized carbons (Fsp3) is 0.471. The van der Waals surface area contributed by atoms with E-state index in [0.717, 1.165) is 24.3 Å². The molecule has 3 heterocycles. The Morgan fingerprint density at radius 1 is 1.28 bits per heavy atom. The largest absolute Gasteiger partial charge is 0.495 e. The number of anilines is 1. The molecule has 0 bridgehead atoms. The molecule has 1 aliphatic heterocycles. The molecular weight excluding hydrogens is 320 g/mol. The predicted octanol–water partition coefficient (Wildman–Crippen LogP) is 1.42. The number of amides is 2. The summed E-state index contributed by atoms with van der Waals surface area (Å²) in [7, 11) is 3.51. The first-order valence-corrected chi connectivity index (χ1v) is 8.35. The Kier molecular flexibility index (Phi) is 5.06. The Morgan fingerprint density at radius 3 is 2.68 bits per heavy atom. The van der Waals surface area contributed by atoms with Crippen LogP contribution in [0, 0.1) is 0 Å². The first kappa shape index (κ1) is 17.1. The van der Waals surface area contributed by atoms with Crippen LogP contribution in [0.15, 0.2) is 30.9 Å². The summed E-state index contributed by atoms with van der Waals surface area (Å²) in [6, 6.07) is 1.66. The molecular formula is C17H24N6O2. The standard InChI is InChI=1S/C17H24N6O2/c1-13(15-4-5-18-11-16(15)25-3)20-17(24)23-8-6-22(7-9-23)14-10-19-21(2)12-14/h4-5,10-13H,6-9H2,1-3H3,(H,20,24). The number of nitrogens with zero attached hydrogens (tertiary/aromatic N) is 5. The van der Waals surface area contributed by atoms with Gasteiger partial charge in [0.1, 0.15) is 5.75 Å². The van der Waals surface area contributed by atoms with Gasteiger partial charge in [-0.25, -0.2) is 4.79 Å². The number of rotatable bonds is 4. The van der Waals surface area contributed by atoms with Crippen LogP contribution in [0.5, 0.6) is 5.75 Å². The third kappa shape index (κ3) is 3.84. The third-order valence-electron chi connectivity index (χ3n) is 4.47. The van der Waals surface area contributed by atoms with Crippen molar-refractivity contribution in [1.29, 1.82) is 0 Å². The summed E-state index contributed by atoms with van der Waals surface area (Å²) >= 11 is 0. The second-order valence-electron chi connectivity index (χ2n) is 6.14. The van der Waals surface area contributed by atoms with Crippen molar-refractivity contribution in [2.75, 3.05) is 38.2 Å². The molecule has 8 nitrogen and oxygen atoms in total. The highest BCUT2D eigenvalue weighted by Crippen LogP contribution is 2.23. The smallest absolute Gasteiger partial charge is 0.317 e. The SMILES string of the molecule is COc1cnccc1C(C)NC(=O)N1CCN(c2cnn(C)c2)CC1. The minimum Gasteiger partial charge on any atom is -0.495 e. The lowest BCUT2D eigenvalue weighted by Gasteiger charge is -2.35. The number of carbonyl (C=O) groups is 1. The summed E-state index contributed by atoms with van der Waals surface area (Å²) in [5.74, 6) is 0.677. The first-order chi connectivity index (χ1) is 12.1. The van der Waals surface area contributed by atoms with Crippen LogP contribution >= 0.6 is 0 Å². The predicted molar refractivity (Wildman–Crippen MR) is 94.7 cm³/mol. The molecule has 1 N–H and O–H groups in total. The molecule has 0 saturated carbocycles. The Hall–Kier alpha value is -2.77. The average molecular weight is 344 g/mol. The number of ether oxygens (including phenoxy) is 1. The zero-order chi connectivity index (χ0) is 17.8. The highest BCUT2D eigenvalue weighted by molar-refractivity contribution is 5.75. The minimum atomic E-state index is -0.151. The van der Waals surface area contributed by atoms with Crippen LogP contribution in [0.2, 0.25) is 0 Å². The molecule has 2 aromatic heterocycles. The maximum atomic E-state index is 12.6. The number of methoxy groups -OCH3 is 1. The number of hydrogen-bond acceptors (Lipinski definition) is 5. The van der Waals surface area contributed by atoms with Crippen LogP contribution in [0.1, 0.15) is 18.5 Å². The number of hydrogen-bond donors (Lipinski definition) is 1. The quantitative estimate of drug-likeness (QED) is 0.908. The highest BCUT2D eigenvalue weighted by Gasteiger charge is 2.23. The van der Waals surface area contributed by atoms with E-state index in [4.69, 9.17) is 4.74 Å². The molecule has 2 amide bonds. The van der Waals surface area contributed by atoms with Crippen molar-refractivity contribution in [2.24, 2.45) is 7.05 Å². The van der Waals surface area contributed by atoms with Gasteiger partial charge in [0.15, 0.2) is 0 Å². The monoisotopic (exact) mass is 344 g/mol. The minimum absolute atomic E-state index is 0.0581. The van der Waals surface area contributed by atoms with Gasteiger partial charge in [-0.3, -0.25) is 9.67 Å². The molecule has 1 atom stereocenters. The summed E-state index contributed by atoms with van der Waals surface area (Å²) in [6.07, 6.45) is 7.21. The van der Waals surface area contributed by atoms with Gasteiger partial charge < -0.3 is 19.9 Å². The van der Waals surface area contributed by atoms with Crippen molar-refractivity contribution >= 4 is 11.7 Å². The molecule has 134 valence electrons. The van der Waals surface area contributed by atoms with Gasteiger partial charge in [-0.05, 0) is 13.0 Å². The van der Waals surface area contributed by atoms with Crippen molar-refractivity contribution in [3.8, 4) is 5.75 Å². The highest BCUT2D eigenvalue weighted by atomic mass is 16.5. The van der Waals surface area contributed by atoms with Crippen molar-refractivity contribution in [2.45, 2.75) is 13.0 Å². The number of piperazine rings is 1. The van der Waals surface area contributed by atoms with Gasteiger partial charge in [0, 0.05) is 51.2 Å². The number of aryl methyl sites for hydroxylation is 1. The molecule has 1 unspecified atom stereocenters. The Bertz CT molecular complexity index is 723. The average Bonchev–Trinajstić information content (AvgIpc) is 3.08. The fourth-order valence-corrected chi connectivity index (χ4v) is 3.01. The maximum Gasteiger partial charge on any atom is 0.317 e. The van der Waals surface area contributed by atoms with E-state index < -0.39 is 0 Å². The van der Waals surface area contributed by atoms with E-state index in [0.29, 0.717) is 18.8 Å². The molecule has 3 rings (SSSR count). The lowest BCUT2D eigenvalue weighted by molar-refractivity contribution is 0.191. The molecule has 0 radical (unpaired) electrons. The van der Waals surface area contributed by atoms with E-state index in [1.807, 2.05) is 37.3 Å². The van der Waals surface area contributed by atoms with Gasteiger partial charge in [0.25, 0.3) is 0 Å². The van der Waals surface area contributed by atoms with Crippen LogP contribution in [0.4, 0.5) is 10.5 Å². The maximum absolute atomic E-state index is 12.6. The van der Waals surface area contributed by atoms with E-state index in [9.17, 15) is 4.79 Å². The zero-order valence-corrected chi connectivity index (χ0v) is 14.8. The first-order valence-electron chi connectivity index (χ1n) is 8.35. The molecule has 0 spiro atoms. The number of urea groups is 1. The van der Waals surface area contributed by atoms with Gasteiger partial charge in [-0.2, -0.15) is 5.10 Å². The summed E-state index contributed by atoms with van der Waals surface area (Å²) in [4.78, 5) is 20.7. The Morgan fingerprint density at radius 2 is 2.04 bits per heavy atom. The Balaban J connectivity index is 1.56. The Labute approximate surface area is 147 Å². The molecule has 0 aliphatic carbocycles. The second kappa shape index (κ2) is 7.42. The van der Waals surface area contributed by atoms with E-state index in [1.54, 1.807) is 24.2 Å². The molecule has 2 aromatic rings. The van der Waals surface area contributed by atoms with Crippen molar-refractivity contribution in [3.63, 3.8) is 0 Å². The van der Waals surface area contributed by atoms with Gasteiger partial charge in [-0.1, -0.05) is 0 Å². The lowest BCUT2D eigenvalue weighted by atomic mass is 10.1. The number of nitrogens with one attached hydrogen (secondary N) is 1. The van der Waals surface area contributed by atoms with E-state index in [2.05, 4.69) is 20.3 Å². The number of pyridine rings is 1. The van der Waals surface area contributed by atoms with E-state index in [1.165, 1.54) is 0 Å². The molecule has 1 aliphatic rings. The summed E-state index contributed by atoms with van der Waals surface area (Å²) < 4.78 is 7.11. The van der Waals surface area contributed by atoms with Crippen LogP contribution in [-0.4, -0.2) is 59.0 Å².